The molecule has 0 bridgehead atoms. The minimum atomic E-state index is -0.300. The van der Waals surface area contributed by atoms with Gasteiger partial charge in [-0.2, -0.15) is 0 Å². The third-order valence-corrected chi connectivity index (χ3v) is 5.69. The lowest BCUT2D eigenvalue weighted by Gasteiger charge is -2.11. The van der Waals surface area contributed by atoms with Gasteiger partial charge in [0.1, 0.15) is 34.5 Å². The van der Waals surface area contributed by atoms with Gasteiger partial charge in [-0.1, -0.05) is 0 Å². The first kappa shape index (κ1) is 26.9. The number of carbonyl (C=O) groups excluding carboxylic acids is 2. The molecule has 0 fully saturated rings. The van der Waals surface area contributed by atoms with E-state index in [1.54, 1.807) is 84.9 Å². The summed E-state index contributed by atoms with van der Waals surface area (Å²) in [5.41, 5.74) is 2.01. The minimum absolute atomic E-state index is 0.300. The van der Waals surface area contributed by atoms with E-state index in [0.717, 1.165) is 0 Å². The Morgan fingerprint density at radius 1 is 0.462 bits per heavy atom. The van der Waals surface area contributed by atoms with E-state index >= 15 is 0 Å². The molecule has 0 atom stereocenters. The first-order chi connectivity index (χ1) is 18.9. The molecule has 4 rings (SSSR count). The molecule has 0 aliphatic carbocycles. The molecule has 0 spiro atoms. The third-order valence-electron chi connectivity index (χ3n) is 5.69. The van der Waals surface area contributed by atoms with Crippen molar-refractivity contribution >= 4 is 23.2 Å². The summed E-state index contributed by atoms with van der Waals surface area (Å²) in [4.78, 5) is 25.4. The Morgan fingerprint density at radius 2 is 0.769 bits per heavy atom. The Balaban J connectivity index is 1.36. The molecule has 2 amide bonds. The molecule has 4 aromatic carbocycles. The van der Waals surface area contributed by atoms with Crippen LogP contribution in [0, 0.1) is 0 Å². The van der Waals surface area contributed by atoms with E-state index in [1.165, 1.54) is 28.4 Å². The van der Waals surface area contributed by atoms with Crippen molar-refractivity contribution in [2.45, 2.75) is 0 Å². The Labute approximate surface area is 226 Å². The molecule has 9 nitrogen and oxygen atoms in total. The molecule has 0 aliphatic rings. The second kappa shape index (κ2) is 12.4. The van der Waals surface area contributed by atoms with Crippen LogP contribution in [0.2, 0.25) is 0 Å². The van der Waals surface area contributed by atoms with Crippen LogP contribution in [0.5, 0.6) is 34.5 Å². The van der Waals surface area contributed by atoms with Crippen LogP contribution in [-0.2, 0) is 0 Å². The molecule has 200 valence electrons. The van der Waals surface area contributed by atoms with E-state index < -0.39 is 0 Å². The highest BCUT2D eigenvalue weighted by molar-refractivity contribution is 6.05. The smallest absolute Gasteiger partial charge is 0.255 e. The molecule has 0 unspecified atom stereocenters. The molecule has 9 heteroatoms. The van der Waals surface area contributed by atoms with Crippen molar-refractivity contribution in [1.29, 1.82) is 0 Å². The minimum Gasteiger partial charge on any atom is -0.497 e. The summed E-state index contributed by atoms with van der Waals surface area (Å²) in [7, 11) is 6.11. The zero-order valence-electron chi connectivity index (χ0n) is 21.9. The van der Waals surface area contributed by atoms with E-state index in [-0.39, 0.29) is 11.8 Å². The molecule has 0 saturated heterocycles. The number of rotatable bonds is 10. The lowest BCUT2D eigenvalue weighted by molar-refractivity contribution is 0.101. The van der Waals surface area contributed by atoms with Crippen LogP contribution < -0.4 is 34.3 Å². The van der Waals surface area contributed by atoms with Crippen LogP contribution in [0.25, 0.3) is 0 Å². The van der Waals surface area contributed by atoms with Gasteiger partial charge in [0, 0.05) is 34.6 Å². The zero-order chi connectivity index (χ0) is 27.8. The van der Waals surface area contributed by atoms with Crippen LogP contribution in [0.1, 0.15) is 20.7 Å². The van der Waals surface area contributed by atoms with E-state index in [4.69, 9.17) is 23.7 Å². The molecule has 4 aromatic rings. The second-order valence-electron chi connectivity index (χ2n) is 8.26. The van der Waals surface area contributed by atoms with Crippen LogP contribution in [-0.4, -0.2) is 40.3 Å². The molecule has 2 N–H and O–H groups in total. The van der Waals surface area contributed by atoms with Crippen molar-refractivity contribution in [3.8, 4) is 34.5 Å². The predicted molar refractivity (Wildman–Crippen MR) is 148 cm³/mol. The summed E-state index contributed by atoms with van der Waals surface area (Å²) < 4.78 is 26.8. The van der Waals surface area contributed by atoms with E-state index in [9.17, 15) is 9.59 Å². The SMILES string of the molecule is COc1cc(OC)cc(C(=O)Nc2ccc(Oc3ccc(NC(=O)c4cc(OC)cc(OC)c4)cc3)cc2)c1. The third kappa shape index (κ3) is 6.98. The number of amides is 2. The summed E-state index contributed by atoms with van der Waals surface area (Å²) in [5, 5.41) is 5.69. The number of methoxy groups -OCH3 is 4. The first-order valence-corrected chi connectivity index (χ1v) is 11.9. The van der Waals surface area contributed by atoms with E-state index in [0.29, 0.717) is 57.0 Å². The highest BCUT2D eigenvalue weighted by Gasteiger charge is 2.12. The Kier molecular flexibility index (Phi) is 8.53. The number of hydrogen-bond donors (Lipinski definition) is 2. The lowest BCUT2D eigenvalue weighted by Crippen LogP contribution is -2.12. The predicted octanol–water partition coefficient (Wildman–Crippen LogP) is 6.02. The maximum absolute atomic E-state index is 12.7. The van der Waals surface area contributed by atoms with Gasteiger partial charge in [0.25, 0.3) is 11.8 Å². The largest absolute Gasteiger partial charge is 0.497 e. The first-order valence-electron chi connectivity index (χ1n) is 11.9. The Morgan fingerprint density at radius 3 is 1.05 bits per heavy atom. The molecule has 0 heterocycles. The molecule has 0 saturated carbocycles. The number of benzene rings is 4. The van der Waals surface area contributed by atoms with Crippen molar-refractivity contribution in [1.82, 2.24) is 0 Å². The van der Waals surface area contributed by atoms with Crippen molar-refractivity contribution < 1.29 is 33.3 Å². The summed E-state index contributed by atoms with van der Waals surface area (Å²) in [6.07, 6.45) is 0. The number of nitrogens with one attached hydrogen (secondary N) is 2. The maximum Gasteiger partial charge on any atom is 0.255 e. The topological polar surface area (TPSA) is 104 Å². The second-order valence-corrected chi connectivity index (χ2v) is 8.26. The average molecular weight is 529 g/mol. The monoisotopic (exact) mass is 528 g/mol. The summed E-state index contributed by atoms with van der Waals surface area (Å²) in [5.74, 6) is 2.65. The molecular formula is C30H28N2O7. The quantitative estimate of drug-likeness (QED) is 0.259. The molecule has 0 radical (unpaired) electrons. The van der Waals surface area contributed by atoms with Crippen LogP contribution in [0.15, 0.2) is 84.9 Å². The number of hydrogen-bond acceptors (Lipinski definition) is 7. The van der Waals surface area contributed by atoms with Crippen molar-refractivity contribution in [3.63, 3.8) is 0 Å². The fourth-order valence-electron chi connectivity index (χ4n) is 3.63. The lowest BCUT2D eigenvalue weighted by atomic mass is 10.1. The standard InChI is InChI=1S/C30H28N2O7/c1-35-25-13-19(14-26(17-25)36-2)29(33)31-21-5-9-23(10-6-21)39-24-11-7-22(8-12-24)32-30(34)20-15-27(37-3)18-28(16-20)38-4/h5-18H,1-4H3,(H,31,33)(H,32,34). The Bertz CT molecular complexity index is 1300. The molecule has 0 aliphatic heterocycles. The average Bonchev–Trinajstić information content (AvgIpc) is 2.98. The van der Waals surface area contributed by atoms with Gasteiger partial charge in [-0.25, -0.2) is 0 Å². The van der Waals surface area contributed by atoms with Crippen LogP contribution >= 0.6 is 0 Å². The maximum atomic E-state index is 12.7. The normalized spacial score (nSPS) is 10.3. The van der Waals surface area contributed by atoms with Crippen molar-refractivity contribution in [2.24, 2.45) is 0 Å². The van der Waals surface area contributed by atoms with E-state index in [2.05, 4.69) is 10.6 Å². The molecule has 0 aromatic heterocycles. The van der Waals surface area contributed by atoms with Gasteiger partial charge < -0.3 is 34.3 Å². The number of carbonyl (C=O) groups is 2. The van der Waals surface area contributed by atoms with Gasteiger partial charge in [0.05, 0.1) is 28.4 Å². The van der Waals surface area contributed by atoms with Gasteiger partial charge in [-0.15, -0.1) is 0 Å². The van der Waals surface area contributed by atoms with Gasteiger partial charge in [-0.05, 0) is 72.8 Å². The van der Waals surface area contributed by atoms with Crippen molar-refractivity contribution in [3.05, 3.63) is 96.1 Å². The fraction of sp³-hybridized carbons (Fsp3) is 0.133. The fourth-order valence-corrected chi connectivity index (χ4v) is 3.63. The van der Waals surface area contributed by atoms with Crippen LogP contribution in [0.3, 0.4) is 0 Å². The van der Waals surface area contributed by atoms with Crippen molar-refractivity contribution in [2.75, 3.05) is 39.1 Å². The summed E-state index contributed by atoms with van der Waals surface area (Å²) in [6, 6.07) is 23.9. The molecule has 39 heavy (non-hydrogen) atoms. The van der Waals surface area contributed by atoms with Gasteiger partial charge in [-0.3, -0.25) is 9.59 Å². The Hall–Kier alpha value is -5.18. The number of anilines is 2. The highest BCUT2D eigenvalue weighted by Crippen LogP contribution is 2.27. The van der Waals surface area contributed by atoms with E-state index in [1.807, 2.05) is 0 Å². The highest BCUT2D eigenvalue weighted by atomic mass is 16.5. The molecular weight excluding hydrogens is 500 g/mol. The van der Waals surface area contributed by atoms with Gasteiger partial charge >= 0.3 is 0 Å². The zero-order valence-corrected chi connectivity index (χ0v) is 21.9. The summed E-state index contributed by atoms with van der Waals surface area (Å²) >= 11 is 0. The summed E-state index contributed by atoms with van der Waals surface area (Å²) in [6.45, 7) is 0. The van der Waals surface area contributed by atoms with Gasteiger partial charge in [0.2, 0.25) is 0 Å². The van der Waals surface area contributed by atoms with Crippen LogP contribution in [0.4, 0.5) is 11.4 Å². The van der Waals surface area contributed by atoms with Gasteiger partial charge in [0.15, 0.2) is 0 Å². The number of ether oxygens (including phenoxy) is 5.